The molecule has 5 heteroatoms. The Morgan fingerprint density at radius 1 is 0.677 bits per heavy atom. The van der Waals surface area contributed by atoms with E-state index in [9.17, 15) is 20.1 Å². The van der Waals surface area contributed by atoms with Gasteiger partial charge < -0.3 is 20.1 Å². The summed E-state index contributed by atoms with van der Waals surface area (Å²) in [4.78, 5) is 11.9. The lowest BCUT2D eigenvalue weighted by Gasteiger charge is -2.21. The van der Waals surface area contributed by atoms with Crippen molar-refractivity contribution in [2.45, 2.75) is 117 Å². The molecule has 0 aliphatic heterocycles. The van der Waals surface area contributed by atoms with Gasteiger partial charge in [0.1, 0.15) is 11.3 Å². The molecule has 0 saturated carbocycles. The van der Waals surface area contributed by atoms with Crippen LogP contribution in [0.3, 0.4) is 0 Å². The molecule has 0 aliphatic carbocycles. The van der Waals surface area contributed by atoms with Crippen LogP contribution in [0, 0.1) is 0 Å². The van der Waals surface area contributed by atoms with Crippen LogP contribution in [-0.2, 0) is 12.8 Å². The number of phenols is 2. The number of aromatic hydroxyl groups is 2. The van der Waals surface area contributed by atoms with Crippen LogP contribution in [0.2, 0.25) is 0 Å². The van der Waals surface area contributed by atoms with Crippen LogP contribution in [0.4, 0.5) is 0 Å². The number of benzene rings is 1. The second-order valence-corrected chi connectivity index (χ2v) is 8.55. The first-order valence-corrected chi connectivity index (χ1v) is 12.4. The van der Waals surface area contributed by atoms with Crippen molar-refractivity contribution in [2.24, 2.45) is 0 Å². The van der Waals surface area contributed by atoms with Crippen molar-refractivity contribution in [3.05, 3.63) is 16.7 Å². The molecule has 0 fully saturated rings. The van der Waals surface area contributed by atoms with Gasteiger partial charge in [-0.3, -0.25) is 0 Å². The van der Waals surface area contributed by atoms with E-state index >= 15 is 0 Å². The van der Waals surface area contributed by atoms with Crippen molar-refractivity contribution in [2.75, 3.05) is 6.61 Å². The van der Waals surface area contributed by atoms with Crippen molar-refractivity contribution < 1.29 is 24.9 Å². The van der Waals surface area contributed by atoms with Gasteiger partial charge in [0.15, 0.2) is 11.5 Å². The molecule has 0 saturated heterocycles. The molecule has 1 aromatic rings. The molecule has 5 nitrogen and oxygen atoms in total. The SMILES string of the molecule is CCCCCCCc1c(O)c(O)c(C(=O)O)c(OCCCCC)c1CCCCCCC. The van der Waals surface area contributed by atoms with E-state index in [-0.39, 0.29) is 17.1 Å². The Balaban J connectivity index is 3.22. The lowest BCUT2D eigenvalue weighted by Crippen LogP contribution is -2.11. The van der Waals surface area contributed by atoms with E-state index in [2.05, 4.69) is 20.8 Å². The van der Waals surface area contributed by atoms with E-state index < -0.39 is 11.7 Å². The van der Waals surface area contributed by atoms with E-state index in [1.807, 2.05) is 0 Å². The molecule has 0 heterocycles. The van der Waals surface area contributed by atoms with Crippen LogP contribution in [0.1, 0.15) is 126 Å². The topological polar surface area (TPSA) is 87.0 Å². The lowest BCUT2D eigenvalue weighted by atomic mass is 9.91. The van der Waals surface area contributed by atoms with Gasteiger partial charge in [-0.15, -0.1) is 0 Å². The Labute approximate surface area is 188 Å². The monoisotopic (exact) mass is 436 g/mol. The van der Waals surface area contributed by atoms with E-state index in [4.69, 9.17) is 4.74 Å². The normalized spacial score (nSPS) is 11.1. The third kappa shape index (κ3) is 9.00. The number of unbranched alkanes of at least 4 members (excludes halogenated alkanes) is 10. The van der Waals surface area contributed by atoms with Crippen LogP contribution < -0.4 is 4.74 Å². The fourth-order valence-electron chi connectivity index (χ4n) is 4.03. The summed E-state index contributed by atoms with van der Waals surface area (Å²) in [7, 11) is 0. The summed E-state index contributed by atoms with van der Waals surface area (Å²) in [5, 5.41) is 31.0. The predicted molar refractivity (Wildman–Crippen MR) is 127 cm³/mol. The third-order valence-electron chi connectivity index (χ3n) is 5.88. The Kier molecular flexibility index (Phi) is 13.8. The lowest BCUT2D eigenvalue weighted by molar-refractivity contribution is 0.0687. The van der Waals surface area contributed by atoms with Gasteiger partial charge in [0, 0.05) is 11.1 Å². The smallest absolute Gasteiger partial charge is 0.343 e. The number of carboxylic acids is 1. The summed E-state index contributed by atoms with van der Waals surface area (Å²) in [6.07, 6.45) is 15.1. The Morgan fingerprint density at radius 3 is 1.68 bits per heavy atom. The Hall–Kier alpha value is -1.91. The summed E-state index contributed by atoms with van der Waals surface area (Å²) in [5.41, 5.74) is 1.14. The molecule has 0 unspecified atom stereocenters. The zero-order chi connectivity index (χ0) is 23.1. The fourth-order valence-corrected chi connectivity index (χ4v) is 4.03. The summed E-state index contributed by atoms with van der Waals surface area (Å²) < 4.78 is 5.98. The van der Waals surface area contributed by atoms with Gasteiger partial charge in [0.05, 0.1) is 6.61 Å². The fraction of sp³-hybridized carbons (Fsp3) is 0.731. The molecule has 3 N–H and O–H groups in total. The van der Waals surface area contributed by atoms with Gasteiger partial charge in [-0.05, 0) is 32.1 Å². The van der Waals surface area contributed by atoms with Crippen molar-refractivity contribution in [3.63, 3.8) is 0 Å². The molecule has 178 valence electrons. The molecule has 0 amide bonds. The van der Waals surface area contributed by atoms with Gasteiger partial charge >= 0.3 is 5.97 Å². The maximum Gasteiger partial charge on any atom is 0.343 e. The van der Waals surface area contributed by atoms with Crippen LogP contribution in [0.15, 0.2) is 0 Å². The molecule has 0 aliphatic rings. The van der Waals surface area contributed by atoms with Gasteiger partial charge in [0.2, 0.25) is 0 Å². The average molecular weight is 437 g/mol. The van der Waals surface area contributed by atoms with Gasteiger partial charge in [-0.25, -0.2) is 4.79 Å². The Bertz CT molecular complexity index is 654. The van der Waals surface area contributed by atoms with Crippen molar-refractivity contribution in [3.8, 4) is 17.2 Å². The molecule has 0 atom stereocenters. The van der Waals surface area contributed by atoms with E-state index in [1.165, 1.54) is 12.8 Å². The summed E-state index contributed by atoms with van der Waals surface area (Å²) >= 11 is 0. The minimum Gasteiger partial charge on any atom is -0.504 e. The van der Waals surface area contributed by atoms with Crippen LogP contribution in [0.5, 0.6) is 17.2 Å². The minimum absolute atomic E-state index is 0.262. The maximum absolute atomic E-state index is 11.9. The minimum atomic E-state index is -1.26. The summed E-state index contributed by atoms with van der Waals surface area (Å²) in [6, 6.07) is 0. The molecular weight excluding hydrogens is 392 g/mol. The molecular formula is C26H44O5. The average Bonchev–Trinajstić information content (AvgIpc) is 2.74. The number of carboxylic acid groups (broad SMARTS) is 1. The van der Waals surface area contributed by atoms with E-state index in [0.29, 0.717) is 25.0 Å². The van der Waals surface area contributed by atoms with Crippen LogP contribution in [0.25, 0.3) is 0 Å². The molecule has 1 rings (SSSR count). The summed E-state index contributed by atoms with van der Waals surface area (Å²) in [6.45, 7) is 6.87. The first-order chi connectivity index (χ1) is 15.0. The number of ether oxygens (including phenoxy) is 1. The number of rotatable bonds is 18. The van der Waals surface area contributed by atoms with Gasteiger partial charge in [-0.1, -0.05) is 85.0 Å². The van der Waals surface area contributed by atoms with Gasteiger partial charge in [0.25, 0.3) is 0 Å². The van der Waals surface area contributed by atoms with Gasteiger partial charge in [-0.2, -0.15) is 0 Å². The second kappa shape index (κ2) is 15.8. The second-order valence-electron chi connectivity index (χ2n) is 8.55. The number of phenolic OH excluding ortho intramolecular Hbond substituents is 1. The number of carbonyl (C=O) groups is 1. The van der Waals surface area contributed by atoms with Crippen molar-refractivity contribution in [1.29, 1.82) is 0 Å². The quantitative estimate of drug-likeness (QED) is 0.165. The highest BCUT2D eigenvalue weighted by Crippen LogP contribution is 2.44. The zero-order valence-electron chi connectivity index (χ0n) is 20.0. The van der Waals surface area contributed by atoms with Crippen molar-refractivity contribution in [1.82, 2.24) is 0 Å². The largest absolute Gasteiger partial charge is 0.504 e. The first-order valence-electron chi connectivity index (χ1n) is 12.4. The highest BCUT2D eigenvalue weighted by molar-refractivity contribution is 5.96. The molecule has 31 heavy (non-hydrogen) atoms. The zero-order valence-corrected chi connectivity index (χ0v) is 20.0. The standard InChI is InChI=1S/C26H44O5/c1-4-7-10-12-14-17-20-21(18-15-13-11-8-5-2)25(31-19-16-9-6-3)22(26(29)30)24(28)23(20)27/h27-28H,4-19H2,1-3H3,(H,29,30). The molecule has 0 bridgehead atoms. The number of aromatic carboxylic acids is 1. The third-order valence-corrected chi connectivity index (χ3v) is 5.88. The van der Waals surface area contributed by atoms with E-state index in [0.717, 1.165) is 76.2 Å². The molecule has 0 aromatic heterocycles. The maximum atomic E-state index is 11.9. The Morgan fingerprint density at radius 2 is 1.16 bits per heavy atom. The van der Waals surface area contributed by atoms with Crippen LogP contribution in [-0.4, -0.2) is 27.9 Å². The summed E-state index contributed by atoms with van der Waals surface area (Å²) in [5.74, 6) is -1.84. The number of hydrogen-bond donors (Lipinski definition) is 3. The molecule has 0 radical (unpaired) electrons. The van der Waals surface area contributed by atoms with Crippen LogP contribution >= 0.6 is 0 Å². The molecule has 0 spiro atoms. The van der Waals surface area contributed by atoms with Crippen molar-refractivity contribution >= 4 is 5.97 Å². The molecule has 1 aromatic carbocycles. The number of hydrogen-bond acceptors (Lipinski definition) is 4. The highest BCUT2D eigenvalue weighted by atomic mass is 16.5. The first kappa shape index (κ1) is 27.1. The predicted octanol–water partition coefficient (Wildman–Crippen LogP) is 7.39. The van der Waals surface area contributed by atoms with E-state index in [1.54, 1.807) is 0 Å². The highest BCUT2D eigenvalue weighted by Gasteiger charge is 2.28.